The molecule has 0 spiro atoms. The van der Waals surface area contributed by atoms with Crippen LogP contribution in [-0.4, -0.2) is 50.8 Å². The Morgan fingerprint density at radius 3 is 2.57 bits per heavy atom. The van der Waals surface area contributed by atoms with Crippen LogP contribution in [0.3, 0.4) is 0 Å². The topological polar surface area (TPSA) is 76.1 Å². The number of aromatic nitrogens is 4. The smallest absolute Gasteiger partial charge is 0.155 e. The number of nitrogens with zero attached hydrogens (tertiary/aromatic N) is 6. The number of halogens is 1. The molecule has 0 bridgehead atoms. The highest BCUT2D eigenvalue weighted by molar-refractivity contribution is 7.83. The number of nitrogens with two attached hydrogens (primary N) is 1. The maximum Gasteiger partial charge on any atom is 0.155 e. The van der Waals surface area contributed by atoms with Crippen LogP contribution in [0.15, 0.2) is 60.2 Å². The van der Waals surface area contributed by atoms with Crippen molar-refractivity contribution in [3.63, 3.8) is 0 Å². The summed E-state index contributed by atoms with van der Waals surface area (Å²) < 4.78 is 15.1. The monoisotopic (exact) mass is 425 g/mol. The number of hydrogen-bond donors (Lipinski definition) is 2. The van der Waals surface area contributed by atoms with Gasteiger partial charge >= 0.3 is 0 Å². The van der Waals surface area contributed by atoms with Crippen molar-refractivity contribution < 1.29 is 4.39 Å². The molecule has 2 N–H and O–H groups in total. The van der Waals surface area contributed by atoms with Gasteiger partial charge in [-0.15, -0.1) is 12.6 Å². The van der Waals surface area contributed by atoms with Crippen molar-refractivity contribution in [3.8, 4) is 11.3 Å². The highest BCUT2D eigenvalue weighted by Gasteiger charge is 2.21. The quantitative estimate of drug-likeness (QED) is 0.591. The zero-order chi connectivity index (χ0) is 20.9. The average molecular weight is 426 g/mol. The summed E-state index contributed by atoms with van der Waals surface area (Å²) in [6.45, 7) is 4.87. The van der Waals surface area contributed by atoms with Crippen molar-refractivity contribution in [2.75, 3.05) is 31.1 Å². The van der Waals surface area contributed by atoms with Gasteiger partial charge in [0.15, 0.2) is 5.82 Å². The fourth-order valence-corrected chi connectivity index (χ4v) is 3.63. The summed E-state index contributed by atoms with van der Waals surface area (Å²) in [5, 5.41) is 5.95. The lowest BCUT2D eigenvalue weighted by Crippen LogP contribution is -2.46. The molecule has 30 heavy (non-hydrogen) atoms. The van der Waals surface area contributed by atoms with Gasteiger partial charge < -0.3 is 10.6 Å². The predicted octanol–water partition coefficient (Wildman–Crippen LogP) is 2.53. The van der Waals surface area contributed by atoms with Crippen LogP contribution in [0, 0.1) is 5.82 Å². The molecule has 1 aromatic carbocycles. The maximum atomic E-state index is 13.3. The van der Waals surface area contributed by atoms with Crippen molar-refractivity contribution in [1.82, 2.24) is 24.6 Å². The Hall–Kier alpha value is -2.91. The Balaban J connectivity index is 1.39. The summed E-state index contributed by atoms with van der Waals surface area (Å²) in [6.07, 6.45) is 7.28. The third-order valence-corrected chi connectivity index (χ3v) is 5.40. The SMILES string of the molecule is N/C(=C\S)Cn1cc(CN2CCN(c3nccnc3-c3ccc(F)cc3)CC2)cn1. The first kappa shape index (κ1) is 20.4. The lowest BCUT2D eigenvalue weighted by molar-refractivity contribution is 0.249. The summed E-state index contributed by atoms with van der Waals surface area (Å²) in [6, 6.07) is 6.38. The van der Waals surface area contributed by atoms with Crippen LogP contribution in [-0.2, 0) is 13.1 Å². The summed E-state index contributed by atoms with van der Waals surface area (Å²) in [5.41, 5.74) is 9.28. The fraction of sp³-hybridized carbons (Fsp3) is 0.286. The normalized spacial score (nSPS) is 15.5. The van der Waals surface area contributed by atoms with Crippen LogP contribution in [0.5, 0.6) is 0 Å². The Morgan fingerprint density at radius 2 is 1.83 bits per heavy atom. The van der Waals surface area contributed by atoms with E-state index in [4.69, 9.17) is 5.73 Å². The van der Waals surface area contributed by atoms with Crippen molar-refractivity contribution in [2.45, 2.75) is 13.1 Å². The van der Waals surface area contributed by atoms with Crippen LogP contribution in [0.1, 0.15) is 5.56 Å². The zero-order valence-corrected chi connectivity index (χ0v) is 17.4. The van der Waals surface area contributed by atoms with Gasteiger partial charge in [-0.2, -0.15) is 5.10 Å². The van der Waals surface area contributed by atoms with E-state index < -0.39 is 0 Å². The summed E-state index contributed by atoms with van der Waals surface area (Å²) in [5.74, 6) is 0.580. The second-order valence-electron chi connectivity index (χ2n) is 7.25. The molecule has 0 radical (unpaired) electrons. The van der Waals surface area contributed by atoms with E-state index in [1.54, 1.807) is 29.9 Å². The molecule has 3 heterocycles. The highest BCUT2D eigenvalue weighted by Crippen LogP contribution is 2.27. The minimum Gasteiger partial charge on any atom is -0.400 e. The van der Waals surface area contributed by atoms with Crippen LogP contribution >= 0.6 is 12.6 Å². The molecule has 1 fully saturated rings. The van der Waals surface area contributed by atoms with E-state index in [1.165, 1.54) is 12.1 Å². The summed E-state index contributed by atoms with van der Waals surface area (Å²) in [4.78, 5) is 13.7. The van der Waals surface area contributed by atoms with Crippen molar-refractivity contribution in [2.24, 2.45) is 5.73 Å². The van der Waals surface area contributed by atoms with Gasteiger partial charge in [0.1, 0.15) is 11.5 Å². The van der Waals surface area contributed by atoms with E-state index >= 15 is 0 Å². The molecule has 7 nitrogen and oxygen atoms in total. The van der Waals surface area contributed by atoms with E-state index in [9.17, 15) is 4.39 Å². The number of hydrogen-bond acceptors (Lipinski definition) is 7. The lowest BCUT2D eigenvalue weighted by atomic mass is 10.1. The first-order valence-corrected chi connectivity index (χ1v) is 10.3. The standard InChI is InChI=1S/C21H24FN7S/c22-18-3-1-17(2-4-18)20-21(25-6-5-24-20)28-9-7-27(8-10-28)12-16-11-26-29(13-16)14-19(23)15-30/h1-6,11,13,15,30H,7-10,12,14,23H2/b19-15-. The zero-order valence-electron chi connectivity index (χ0n) is 16.5. The third kappa shape index (κ3) is 4.80. The largest absolute Gasteiger partial charge is 0.400 e. The van der Waals surface area contributed by atoms with Gasteiger partial charge in [0.05, 0.1) is 12.7 Å². The summed E-state index contributed by atoms with van der Waals surface area (Å²) >= 11 is 4.06. The Morgan fingerprint density at radius 1 is 1.10 bits per heavy atom. The number of benzene rings is 1. The number of thiol groups is 1. The third-order valence-electron chi connectivity index (χ3n) is 5.07. The van der Waals surface area contributed by atoms with Crippen molar-refractivity contribution in [3.05, 3.63) is 71.5 Å². The molecule has 1 saturated heterocycles. The average Bonchev–Trinajstić information content (AvgIpc) is 3.21. The van der Waals surface area contributed by atoms with Crippen molar-refractivity contribution in [1.29, 1.82) is 0 Å². The molecule has 9 heteroatoms. The van der Waals surface area contributed by atoms with Gasteiger partial charge in [-0.1, -0.05) is 0 Å². The minimum atomic E-state index is -0.259. The summed E-state index contributed by atoms with van der Waals surface area (Å²) in [7, 11) is 0. The van der Waals surface area contributed by atoms with Gasteiger partial charge in [0.2, 0.25) is 0 Å². The molecular weight excluding hydrogens is 401 g/mol. The Bertz CT molecular complexity index is 1010. The number of allylic oxidation sites excluding steroid dienone is 1. The van der Waals surface area contributed by atoms with E-state index in [1.807, 2.05) is 17.1 Å². The molecule has 0 amide bonds. The molecule has 0 aliphatic carbocycles. The first-order valence-electron chi connectivity index (χ1n) is 9.76. The molecule has 3 aromatic rings. The second-order valence-corrected chi connectivity index (χ2v) is 7.51. The van der Waals surface area contributed by atoms with Crippen LogP contribution in [0.4, 0.5) is 10.2 Å². The first-order chi connectivity index (χ1) is 14.6. The van der Waals surface area contributed by atoms with E-state index in [2.05, 4.69) is 37.5 Å². The molecule has 0 saturated carbocycles. The van der Waals surface area contributed by atoms with Gasteiger partial charge in [-0.25, -0.2) is 9.37 Å². The van der Waals surface area contributed by atoms with Crippen LogP contribution < -0.4 is 10.6 Å². The fourth-order valence-electron chi connectivity index (χ4n) is 3.55. The lowest BCUT2D eigenvalue weighted by Gasteiger charge is -2.35. The molecule has 0 atom stereocenters. The van der Waals surface area contributed by atoms with E-state index in [0.29, 0.717) is 12.2 Å². The number of piperazine rings is 1. The molecular formula is C21H24FN7S. The Kier molecular flexibility index (Phi) is 6.29. The van der Waals surface area contributed by atoms with Gasteiger partial charge in [0, 0.05) is 68.1 Å². The van der Waals surface area contributed by atoms with Crippen LogP contribution in [0.25, 0.3) is 11.3 Å². The molecule has 1 aliphatic heterocycles. The Labute approximate surface area is 180 Å². The van der Waals surface area contributed by atoms with Gasteiger partial charge in [-0.05, 0) is 29.7 Å². The van der Waals surface area contributed by atoms with E-state index in [0.717, 1.165) is 55.4 Å². The second kappa shape index (κ2) is 9.27. The molecule has 156 valence electrons. The van der Waals surface area contributed by atoms with Crippen LogP contribution in [0.2, 0.25) is 0 Å². The minimum absolute atomic E-state index is 0.259. The highest BCUT2D eigenvalue weighted by atomic mass is 32.1. The number of anilines is 1. The maximum absolute atomic E-state index is 13.3. The molecule has 4 rings (SSSR count). The van der Waals surface area contributed by atoms with Gasteiger partial charge in [0.25, 0.3) is 0 Å². The number of rotatable bonds is 6. The predicted molar refractivity (Wildman–Crippen MR) is 118 cm³/mol. The molecule has 0 unspecified atom stereocenters. The van der Waals surface area contributed by atoms with Gasteiger partial charge in [-0.3, -0.25) is 14.6 Å². The van der Waals surface area contributed by atoms with Crippen molar-refractivity contribution >= 4 is 18.4 Å². The molecule has 2 aromatic heterocycles. The van der Waals surface area contributed by atoms with E-state index in [-0.39, 0.29) is 5.82 Å². The molecule has 1 aliphatic rings.